The molecule has 36 heavy (non-hydrogen) atoms. The molecule has 0 radical (unpaired) electrons. The highest BCUT2D eigenvalue weighted by molar-refractivity contribution is 6.21. The van der Waals surface area contributed by atoms with E-state index in [-0.39, 0.29) is 11.3 Å². The number of benzene rings is 3. The minimum atomic E-state index is -0.837. The second-order valence-corrected chi connectivity index (χ2v) is 9.37. The first-order chi connectivity index (χ1) is 17.3. The van der Waals surface area contributed by atoms with Gasteiger partial charge in [-0.2, -0.15) is 0 Å². The average Bonchev–Trinajstić information content (AvgIpc) is 3.49. The van der Waals surface area contributed by atoms with Gasteiger partial charge in [0.1, 0.15) is 5.58 Å². The number of aliphatic hydroxyl groups is 1. The highest BCUT2D eigenvalue weighted by atomic mass is 16.3. The summed E-state index contributed by atoms with van der Waals surface area (Å²) in [6, 6.07) is 21.7. The van der Waals surface area contributed by atoms with Gasteiger partial charge in [-0.15, -0.1) is 0 Å². The zero-order chi connectivity index (χ0) is 25.1. The standard InChI is InChI=1S/C30H24N2O4/c1-16-12-17(2)14-20(13-16)32-27(25-18(3)31-22-10-6-5-9-21(22)25)26(29(34)30(32)35)28(33)24-15-19-8-4-7-11-23(19)36-24/h4-15,27,31,34H,1-3H3. The summed E-state index contributed by atoms with van der Waals surface area (Å²) >= 11 is 0. The van der Waals surface area contributed by atoms with Crippen LogP contribution in [0, 0.1) is 20.8 Å². The van der Waals surface area contributed by atoms with Crippen molar-refractivity contribution >= 4 is 39.2 Å². The molecule has 6 nitrogen and oxygen atoms in total. The van der Waals surface area contributed by atoms with Gasteiger partial charge in [-0.1, -0.05) is 42.5 Å². The molecule has 3 aromatic carbocycles. The molecule has 0 fully saturated rings. The van der Waals surface area contributed by atoms with E-state index in [4.69, 9.17) is 4.42 Å². The number of aromatic nitrogens is 1. The summed E-state index contributed by atoms with van der Waals surface area (Å²) in [4.78, 5) is 32.5. The van der Waals surface area contributed by atoms with Crippen LogP contribution in [-0.4, -0.2) is 21.8 Å². The molecule has 1 aliphatic rings. The SMILES string of the molecule is Cc1cc(C)cc(N2C(=O)C(O)=C(C(=O)c3cc4ccccc4o3)C2c2c(C)[nH]c3ccccc23)c1. The number of ketones is 1. The van der Waals surface area contributed by atoms with Gasteiger partial charge in [-0.3, -0.25) is 14.5 Å². The number of nitrogens with zero attached hydrogens (tertiary/aromatic N) is 1. The molecule has 0 saturated carbocycles. The molecule has 1 unspecified atom stereocenters. The molecule has 5 aromatic rings. The number of carbonyl (C=O) groups excluding carboxylic acids is 2. The van der Waals surface area contributed by atoms with Crippen LogP contribution in [0.25, 0.3) is 21.9 Å². The average molecular weight is 477 g/mol. The van der Waals surface area contributed by atoms with Gasteiger partial charge >= 0.3 is 0 Å². The Morgan fingerprint density at radius 3 is 2.39 bits per heavy atom. The number of H-pyrrole nitrogens is 1. The number of aliphatic hydroxyl groups excluding tert-OH is 1. The van der Waals surface area contributed by atoms with Gasteiger partial charge < -0.3 is 14.5 Å². The lowest BCUT2D eigenvalue weighted by Crippen LogP contribution is -2.31. The maximum Gasteiger partial charge on any atom is 0.294 e. The minimum absolute atomic E-state index is 0.00562. The van der Waals surface area contributed by atoms with Crippen molar-refractivity contribution in [3.05, 3.63) is 112 Å². The number of hydrogen-bond donors (Lipinski definition) is 2. The van der Waals surface area contributed by atoms with Crippen molar-refractivity contribution in [1.29, 1.82) is 0 Å². The fourth-order valence-corrected chi connectivity index (χ4v) is 5.34. The number of hydrogen-bond acceptors (Lipinski definition) is 4. The molecule has 0 bridgehead atoms. The van der Waals surface area contributed by atoms with E-state index in [9.17, 15) is 14.7 Å². The van der Waals surface area contributed by atoms with Crippen molar-refractivity contribution in [3.63, 3.8) is 0 Å². The first kappa shape index (κ1) is 21.9. The van der Waals surface area contributed by atoms with Crippen molar-refractivity contribution in [1.82, 2.24) is 4.98 Å². The molecule has 0 spiro atoms. The molecule has 6 rings (SSSR count). The molecular weight excluding hydrogens is 452 g/mol. The number of fused-ring (bicyclic) bond motifs is 2. The van der Waals surface area contributed by atoms with E-state index in [2.05, 4.69) is 4.98 Å². The van der Waals surface area contributed by atoms with E-state index in [1.54, 1.807) is 12.1 Å². The second kappa shape index (κ2) is 7.99. The molecule has 3 heterocycles. The first-order valence-corrected chi connectivity index (χ1v) is 11.8. The van der Waals surface area contributed by atoms with Crippen LogP contribution in [0.15, 0.2) is 88.5 Å². The predicted octanol–water partition coefficient (Wildman–Crippen LogP) is 6.62. The summed E-state index contributed by atoms with van der Waals surface area (Å²) in [7, 11) is 0. The number of anilines is 1. The van der Waals surface area contributed by atoms with Gasteiger partial charge in [0.25, 0.3) is 5.91 Å². The van der Waals surface area contributed by atoms with Gasteiger partial charge in [0.15, 0.2) is 11.5 Å². The van der Waals surface area contributed by atoms with Gasteiger partial charge in [-0.05, 0) is 62.2 Å². The minimum Gasteiger partial charge on any atom is -0.503 e. The zero-order valence-corrected chi connectivity index (χ0v) is 20.1. The van der Waals surface area contributed by atoms with E-state index in [0.717, 1.165) is 38.7 Å². The monoisotopic (exact) mass is 476 g/mol. The topological polar surface area (TPSA) is 86.5 Å². The van der Waals surface area contributed by atoms with E-state index in [1.807, 2.05) is 81.4 Å². The third kappa shape index (κ3) is 3.26. The van der Waals surface area contributed by atoms with Crippen LogP contribution in [0.4, 0.5) is 5.69 Å². The summed E-state index contributed by atoms with van der Waals surface area (Å²) in [6.45, 7) is 5.83. The number of para-hydroxylation sites is 2. The highest BCUT2D eigenvalue weighted by Gasteiger charge is 2.47. The Morgan fingerprint density at radius 1 is 0.944 bits per heavy atom. The lowest BCUT2D eigenvalue weighted by molar-refractivity contribution is -0.117. The van der Waals surface area contributed by atoms with Gasteiger partial charge in [0.05, 0.1) is 11.6 Å². The summed E-state index contributed by atoms with van der Waals surface area (Å²) in [5.74, 6) is -1.61. The molecule has 2 N–H and O–H groups in total. The summed E-state index contributed by atoms with van der Waals surface area (Å²) in [5.41, 5.74) is 5.61. The van der Waals surface area contributed by atoms with Crippen molar-refractivity contribution in [2.75, 3.05) is 4.90 Å². The van der Waals surface area contributed by atoms with Gasteiger partial charge in [-0.25, -0.2) is 0 Å². The summed E-state index contributed by atoms with van der Waals surface area (Å²) < 4.78 is 5.86. The fourth-order valence-electron chi connectivity index (χ4n) is 5.34. The van der Waals surface area contributed by atoms with Crippen LogP contribution in [0.3, 0.4) is 0 Å². The molecular formula is C30H24N2O4. The predicted molar refractivity (Wildman–Crippen MR) is 139 cm³/mol. The summed E-state index contributed by atoms with van der Waals surface area (Å²) in [6.07, 6.45) is 0. The molecule has 2 aromatic heterocycles. The Bertz CT molecular complexity index is 1680. The van der Waals surface area contributed by atoms with E-state index >= 15 is 0 Å². The fraction of sp³-hybridized carbons (Fsp3) is 0.133. The number of aromatic amines is 1. The summed E-state index contributed by atoms with van der Waals surface area (Å²) in [5, 5.41) is 12.8. The van der Waals surface area contributed by atoms with E-state index in [1.165, 1.54) is 4.90 Å². The third-order valence-corrected chi connectivity index (χ3v) is 6.80. The Hall–Kier alpha value is -4.58. The number of rotatable bonds is 4. The van der Waals surface area contributed by atoms with Crippen LogP contribution >= 0.6 is 0 Å². The number of nitrogens with one attached hydrogen (secondary N) is 1. The molecule has 0 aliphatic carbocycles. The van der Waals surface area contributed by atoms with Crippen LogP contribution in [0.1, 0.15) is 39.0 Å². The first-order valence-electron chi connectivity index (χ1n) is 11.8. The van der Waals surface area contributed by atoms with Crippen molar-refractivity contribution < 1.29 is 19.1 Å². The smallest absolute Gasteiger partial charge is 0.294 e. The Kier molecular flexibility index (Phi) is 4.86. The van der Waals surface area contributed by atoms with E-state index < -0.39 is 23.5 Å². The maximum atomic E-state index is 13.9. The van der Waals surface area contributed by atoms with Crippen LogP contribution < -0.4 is 4.90 Å². The lowest BCUT2D eigenvalue weighted by atomic mass is 9.92. The number of Topliss-reactive ketones (excluding diaryl/α,β-unsaturated/α-hetero) is 1. The van der Waals surface area contributed by atoms with Gasteiger partial charge in [0.2, 0.25) is 5.78 Å². The number of aryl methyl sites for hydroxylation is 3. The zero-order valence-electron chi connectivity index (χ0n) is 20.1. The Morgan fingerprint density at radius 2 is 1.64 bits per heavy atom. The van der Waals surface area contributed by atoms with Crippen molar-refractivity contribution in [2.24, 2.45) is 0 Å². The molecule has 1 atom stereocenters. The number of furan rings is 1. The van der Waals surface area contributed by atoms with Crippen LogP contribution in [0.5, 0.6) is 0 Å². The lowest BCUT2D eigenvalue weighted by Gasteiger charge is -2.27. The van der Waals surface area contributed by atoms with E-state index in [0.29, 0.717) is 11.3 Å². The molecule has 178 valence electrons. The van der Waals surface area contributed by atoms with Crippen LogP contribution in [0.2, 0.25) is 0 Å². The van der Waals surface area contributed by atoms with Gasteiger partial charge in [0, 0.05) is 33.2 Å². The van der Waals surface area contributed by atoms with Crippen molar-refractivity contribution in [3.8, 4) is 0 Å². The Balaban J connectivity index is 1.60. The third-order valence-electron chi connectivity index (χ3n) is 6.80. The Labute approximate surface area is 207 Å². The quantitative estimate of drug-likeness (QED) is 0.285. The van der Waals surface area contributed by atoms with Crippen molar-refractivity contribution in [2.45, 2.75) is 26.8 Å². The second-order valence-electron chi connectivity index (χ2n) is 9.37. The van der Waals surface area contributed by atoms with Crippen LogP contribution in [-0.2, 0) is 4.79 Å². The molecule has 1 amide bonds. The highest BCUT2D eigenvalue weighted by Crippen LogP contribution is 2.45. The normalized spacial score (nSPS) is 16.0. The molecule has 6 heteroatoms. The maximum absolute atomic E-state index is 13.9. The molecule has 1 aliphatic heterocycles. The molecule has 0 saturated heterocycles. The number of amides is 1. The largest absolute Gasteiger partial charge is 0.503 e. The number of carbonyl (C=O) groups is 2.